The van der Waals surface area contributed by atoms with E-state index in [0.717, 1.165) is 36.1 Å². The van der Waals surface area contributed by atoms with Gasteiger partial charge in [-0.05, 0) is 43.4 Å². The van der Waals surface area contributed by atoms with Crippen molar-refractivity contribution in [3.05, 3.63) is 46.4 Å². The molecule has 0 bridgehead atoms. The number of halogens is 1. The van der Waals surface area contributed by atoms with Gasteiger partial charge in [-0.2, -0.15) is 0 Å². The Hall–Kier alpha value is -1.65. The molecule has 21 heavy (non-hydrogen) atoms. The van der Waals surface area contributed by atoms with E-state index in [2.05, 4.69) is 9.97 Å². The second-order valence-electron chi connectivity index (χ2n) is 5.22. The second kappa shape index (κ2) is 6.41. The van der Waals surface area contributed by atoms with Gasteiger partial charge < -0.3 is 10.5 Å². The quantitative estimate of drug-likeness (QED) is 0.879. The molecule has 0 amide bonds. The standard InChI is InChI=1S/C16H18ClN3O/c17-14-8-12(7-6-11(14)9-18)21-16-13-4-2-1-3-5-15(13)19-10-20-16/h6-8,10H,1-5,9,18H2. The first kappa shape index (κ1) is 14.3. The summed E-state index contributed by atoms with van der Waals surface area (Å²) in [5, 5.41) is 0.621. The van der Waals surface area contributed by atoms with Crippen molar-refractivity contribution in [2.75, 3.05) is 0 Å². The number of nitrogens with zero attached hydrogens (tertiary/aromatic N) is 2. The van der Waals surface area contributed by atoms with Crippen molar-refractivity contribution < 1.29 is 4.74 Å². The van der Waals surface area contributed by atoms with Gasteiger partial charge in [0.15, 0.2) is 0 Å². The van der Waals surface area contributed by atoms with Crippen LogP contribution in [-0.2, 0) is 19.4 Å². The number of fused-ring (bicyclic) bond motifs is 1. The minimum Gasteiger partial charge on any atom is -0.439 e. The van der Waals surface area contributed by atoms with E-state index < -0.39 is 0 Å². The van der Waals surface area contributed by atoms with E-state index in [4.69, 9.17) is 22.1 Å². The molecule has 2 N–H and O–H groups in total. The van der Waals surface area contributed by atoms with Gasteiger partial charge in [0.1, 0.15) is 12.1 Å². The van der Waals surface area contributed by atoms with Crippen molar-refractivity contribution in [2.24, 2.45) is 5.73 Å². The Kier molecular flexibility index (Phi) is 4.36. The zero-order valence-corrected chi connectivity index (χ0v) is 12.6. The summed E-state index contributed by atoms with van der Waals surface area (Å²) in [7, 11) is 0. The Labute approximate surface area is 129 Å². The predicted molar refractivity (Wildman–Crippen MR) is 82.7 cm³/mol. The monoisotopic (exact) mass is 303 g/mol. The van der Waals surface area contributed by atoms with Crippen LogP contribution in [-0.4, -0.2) is 9.97 Å². The van der Waals surface area contributed by atoms with Crippen LogP contribution in [0.25, 0.3) is 0 Å². The summed E-state index contributed by atoms with van der Waals surface area (Å²) in [5.74, 6) is 1.33. The molecule has 1 aromatic carbocycles. The van der Waals surface area contributed by atoms with Crippen LogP contribution in [0.2, 0.25) is 5.02 Å². The predicted octanol–water partition coefficient (Wildman–Crippen LogP) is 3.65. The number of nitrogens with two attached hydrogens (primary N) is 1. The molecular weight excluding hydrogens is 286 g/mol. The molecule has 1 heterocycles. The third kappa shape index (κ3) is 3.17. The molecule has 5 heteroatoms. The van der Waals surface area contributed by atoms with E-state index in [1.807, 2.05) is 12.1 Å². The Balaban J connectivity index is 1.90. The van der Waals surface area contributed by atoms with Gasteiger partial charge in [-0.25, -0.2) is 9.97 Å². The van der Waals surface area contributed by atoms with Crippen molar-refractivity contribution in [1.29, 1.82) is 0 Å². The highest BCUT2D eigenvalue weighted by Gasteiger charge is 2.16. The van der Waals surface area contributed by atoms with Crippen LogP contribution in [0, 0.1) is 0 Å². The lowest BCUT2D eigenvalue weighted by Crippen LogP contribution is -2.02. The molecule has 0 radical (unpaired) electrons. The number of rotatable bonds is 3. The topological polar surface area (TPSA) is 61.0 Å². The maximum atomic E-state index is 6.17. The van der Waals surface area contributed by atoms with Crippen LogP contribution in [0.4, 0.5) is 0 Å². The highest BCUT2D eigenvalue weighted by atomic mass is 35.5. The van der Waals surface area contributed by atoms with E-state index in [0.29, 0.717) is 23.2 Å². The molecule has 0 atom stereocenters. The van der Waals surface area contributed by atoms with Gasteiger partial charge in [0.05, 0.1) is 5.69 Å². The maximum Gasteiger partial charge on any atom is 0.225 e. The lowest BCUT2D eigenvalue weighted by Gasteiger charge is -2.12. The summed E-state index contributed by atoms with van der Waals surface area (Å²) >= 11 is 6.17. The van der Waals surface area contributed by atoms with Crippen LogP contribution in [0.15, 0.2) is 24.5 Å². The van der Waals surface area contributed by atoms with Crippen molar-refractivity contribution in [2.45, 2.75) is 38.6 Å². The molecule has 2 aromatic rings. The highest BCUT2D eigenvalue weighted by molar-refractivity contribution is 6.31. The smallest absolute Gasteiger partial charge is 0.225 e. The summed E-state index contributed by atoms with van der Waals surface area (Å²) in [4.78, 5) is 8.69. The average Bonchev–Trinajstić information content (AvgIpc) is 2.73. The molecule has 1 aliphatic carbocycles. The SMILES string of the molecule is NCc1ccc(Oc2ncnc3c2CCCCC3)cc1Cl. The molecule has 0 unspecified atom stereocenters. The zero-order chi connectivity index (χ0) is 14.7. The molecular formula is C16H18ClN3O. The first-order valence-corrected chi connectivity index (χ1v) is 7.65. The summed E-state index contributed by atoms with van der Waals surface area (Å²) in [6.07, 6.45) is 7.12. The third-order valence-corrected chi connectivity index (χ3v) is 4.15. The summed E-state index contributed by atoms with van der Waals surface area (Å²) in [5.41, 5.74) is 8.77. The van der Waals surface area contributed by atoms with E-state index in [-0.39, 0.29) is 0 Å². The van der Waals surface area contributed by atoms with Crippen LogP contribution < -0.4 is 10.5 Å². The Morgan fingerprint density at radius 1 is 1.14 bits per heavy atom. The Morgan fingerprint density at radius 3 is 2.81 bits per heavy atom. The minimum absolute atomic E-state index is 0.419. The van der Waals surface area contributed by atoms with Crippen LogP contribution in [0.5, 0.6) is 11.6 Å². The lowest BCUT2D eigenvalue weighted by atomic mass is 10.1. The molecule has 1 aromatic heterocycles. The molecule has 0 saturated carbocycles. The normalized spacial score (nSPS) is 14.4. The largest absolute Gasteiger partial charge is 0.439 e. The van der Waals surface area contributed by atoms with Gasteiger partial charge in [0.2, 0.25) is 5.88 Å². The molecule has 0 aliphatic heterocycles. The van der Waals surface area contributed by atoms with Crippen LogP contribution in [0.3, 0.4) is 0 Å². The number of benzene rings is 1. The highest BCUT2D eigenvalue weighted by Crippen LogP contribution is 2.30. The molecule has 0 fully saturated rings. The van der Waals surface area contributed by atoms with Crippen LogP contribution in [0.1, 0.15) is 36.1 Å². The number of ether oxygens (including phenoxy) is 1. The fraction of sp³-hybridized carbons (Fsp3) is 0.375. The van der Waals surface area contributed by atoms with E-state index in [1.165, 1.54) is 12.8 Å². The molecule has 3 rings (SSSR count). The first-order valence-electron chi connectivity index (χ1n) is 7.27. The van der Waals surface area contributed by atoms with Gasteiger partial charge in [-0.15, -0.1) is 0 Å². The van der Waals surface area contributed by atoms with Crippen molar-refractivity contribution in [1.82, 2.24) is 9.97 Å². The van der Waals surface area contributed by atoms with Crippen molar-refractivity contribution >= 4 is 11.6 Å². The van der Waals surface area contributed by atoms with Gasteiger partial charge in [0.25, 0.3) is 0 Å². The minimum atomic E-state index is 0.419. The molecule has 0 spiro atoms. The fourth-order valence-corrected chi connectivity index (χ4v) is 2.87. The molecule has 1 aliphatic rings. The maximum absolute atomic E-state index is 6.17. The third-order valence-electron chi connectivity index (χ3n) is 3.79. The summed E-state index contributed by atoms with van der Waals surface area (Å²) < 4.78 is 5.94. The van der Waals surface area contributed by atoms with E-state index >= 15 is 0 Å². The first-order chi connectivity index (χ1) is 10.3. The summed E-state index contributed by atoms with van der Waals surface area (Å²) in [6, 6.07) is 5.55. The van der Waals surface area contributed by atoms with Gasteiger partial charge in [0, 0.05) is 17.1 Å². The molecule has 4 nitrogen and oxygen atoms in total. The Bertz CT molecular complexity index is 645. The zero-order valence-electron chi connectivity index (χ0n) is 11.8. The fourth-order valence-electron chi connectivity index (χ4n) is 2.62. The van der Waals surface area contributed by atoms with Gasteiger partial charge >= 0.3 is 0 Å². The second-order valence-corrected chi connectivity index (χ2v) is 5.63. The molecule has 110 valence electrons. The van der Waals surface area contributed by atoms with Gasteiger partial charge in [-0.1, -0.05) is 24.1 Å². The van der Waals surface area contributed by atoms with Gasteiger partial charge in [-0.3, -0.25) is 0 Å². The molecule has 0 saturated heterocycles. The van der Waals surface area contributed by atoms with E-state index in [1.54, 1.807) is 12.4 Å². The average molecular weight is 304 g/mol. The van der Waals surface area contributed by atoms with Crippen molar-refractivity contribution in [3.8, 4) is 11.6 Å². The lowest BCUT2D eigenvalue weighted by molar-refractivity contribution is 0.452. The van der Waals surface area contributed by atoms with E-state index in [9.17, 15) is 0 Å². The Morgan fingerprint density at radius 2 is 2.00 bits per heavy atom. The number of hydrogen-bond acceptors (Lipinski definition) is 4. The van der Waals surface area contributed by atoms with Crippen molar-refractivity contribution in [3.63, 3.8) is 0 Å². The summed E-state index contributed by atoms with van der Waals surface area (Å²) in [6.45, 7) is 0.419. The van der Waals surface area contributed by atoms with Crippen LogP contribution >= 0.6 is 11.6 Å². The number of aryl methyl sites for hydroxylation is 1. The number of hydrogen-bond donors (Lipinski definition) is 1. The number of aromatic nitrogens is 2.